The molecule has 0 aliphatic carbocycles. The zero-order valence-corrected chi connectivity index (χ0v) is 10.1. The molecule has 3 heteroatoms. The van der Waals surface area contributed by atoms with Gasteiger partial charge in [-0.25, -0.2) is 0 Å². The summed E-state index contributed by atoms with van der Waals surface area (Å²) in [5.41, 5.74) is 0.847. The van der Waals surface area contributed by atoms with Crippen LogP contribution in [0.2, 0.25) is 0 Å². The number of hydrogen-bond acceptors (Lipinski definition) is 2. The van der Waals surface area contributed by atoms with Crippen LogP contribution in [0, 0.1) is 0 Å². The molecule has 0 saturated carbocycles. The van der Waals surface area contributed by atoms with E-state index in [-0.39, 0.29) is 0 Å². The first kappa shape index (κ1) is 14.6. The molecule has 0 saturated heterocycles. The van der Waals surface area contributed by atoms with Crippen LogP contribution in [0.3, 0.4) is 0 Å². The van der Waals surface area contributed by atoms with E-state index in [2.05, 4.69) is 0 Å². The fourth-order valence-electron chi connectivity index (χ4n) is 1.09. The first-order valence-corrected chi connectivity index (χ1v) is 5.48. The van der Waals surface area contributed by atoms with Gasteiger partial charge in [-0.1, -0.05) is 30.3 Å². The smallest absolute Gasteiger partial charge is 0.310 e. The van der Waals surface area contributed by atoms with Gasteiger partial charge in [-0.15, -0.1) is 0 Å². The normalized spacial score (nSPS) is 11.2. The monoisotopic (exact) mass is 224 g/mol. The van der Waals surface area contributed by atoms with E-state index in [0.717, 1.165) is 18.8 Å². The molecule has 0 spiro atoms. The molecule has 0 aromatic heterocycles. The van der Waals surface area contributed by atoms with E-state index in [1.165, 1.54) is 0 Å². The topological polar surface area (TPSA) is 46.5 Å². The molecule has 0 bridgehead atoms. The minimum absolute atomic E-state index is 0.406. The van der Waals surface area contributed by atoms with Gasteiger partial charge >= 0.3 is 5.97 Å². The van der Waals surface area contributed by atoms with Gasteiger partial charge < -0.3 is 9.84 Å². The number of carbonyl (C=O) groups is 1. The highest BCUT2D eigenvalue weighted by Gasteiger charge is 2.11. The van der Waals surface area contributed by atoms with Gasteiger partial charge in [-0.05, 0) is 26.3 Å². The largest absolute Gasteiger partial charge is 0.481 e. The van der Waals surface area contributed by atoms with E-state index in [1.54, 1.807) is 6.92 Å². The average molecular weight is 224 g/mol. The summed E-state index contributed by atoms with van der Waals surface area (Å²) in [6.07, 6.45) is 0. The zero-order chi connectivity index (χ0) is 12.4. The van der Waals surface area contributed by atoms with Gasteiger partial charge in [0.15, 0.2) is 0 Å². The van der Waals surface area contributed by atoms with E-state index >= 15 is 0 Å². The molecule has 0 aliphatic heterocycles. The Morgan fingerprint density at radius 1 is 1.25 bits per heavy atom. The quantitative estimate of drug-likeness (QED) is 0.855. The number of aliphatic carboxylic acids is 1. The van der Waals surface area contributed by atoms with Gasteiger partial charge in [0.1, 0.15) is 0 Å². The van der Waals surface area contributed by atoms with Crippen molar-refractivity contribution < 1.29 is 14.6 Å². The highest BCUT2D eigenvalue weighted by molar-refractivity contribution is 5.75. The van der Waals surface area contributed by atoms with Crippen molar-refractivity contribution in [2.45, 2.75) is 26.7 Å². The van der Waals surface area contributed by atoms with Crippen LogP contribution < -0.4 is 0 Å². The molecule has 1 unspecified atom stereocenters. The molecular formula is C13H20O3. The Balaban J connectivity index is 0.000000385. The summed E-state index contributed by atoms with van der Waals surface area (Å²) in [4.78, 5) is 10.5. The highest BCUT2D eigenvalue weighted by Crippen LogP contribution is 2.13. The predicted molar refractivity (Wildman–Crippen MR) is 64.7 cm³/mol. The summed E-state index contributed by atoms with van der Waals surface area (Å²) in [6, 6.07) is 9.19. The number of carboxylic acids is 1. The summed E-state index contributed by atoms with van der Waals surface area (Å²) in [7, 11) is 0. The third kappa shape index (κ3) is 6.19. The van der Waals surface area contributed by atoms with Crippen LogP contribution in [0.25, 0.3) is 0 Å². The van der Waals surface area contributed by atoms with Gasteiger partial charge in [-0.3, -0.25) is 4.79 Å². The number of ether oxygens (including phenoxy) is 1. The van der Waals surface area contributed by atoms with E-state index < -0.39 is 11.9 Å². The van der Waals surface area contributed by atoms with Crippen molar-refractivity contribution in [2.75, 3.05) is 13.2 Å². The van der Waals surface area contributed by atoms with Crippen molar-refractivity contribution in [3.05, 3.63) is 35.9 Å². The second kappa shape index (κ2) is 8.92. The molecule has 0 aliphatic rings. The number of benzene rings is 1. The SMILES string of the molecule is CC(C(=O)O)c1ccccc1.CCOCC. The van der Waals surface area contributed by atoms with Crippen LogP contribution in [0.4, 0.5) is 0 Å². The molecule has 1 rings (SSSR count). The summed E-state index contributed by atoms with van der Waals surface area (Å²) in [5, 5.41) is 8.64. The third-order valence-electron chi connectivity index (χ3n) is 2.08. The van der Waals surface area contributed by atoms with Crippen molar-refractivity contribution in [1.29, 1.82) is 0 Å². The van der Waals surface area contributed by atoms with E-state index in [9.17, 15) is 4.79 Å². The molecule has 0 fully saturated rings. The van der Waals surface area contributed by atoms with Gasteiger partial charge in [0, 0.05) is 13.2 Å². The van der Waals surface area contributed by atoms with Crippen LogP contribution in [-0.2, 0) is 9.53 Å². The Morgan fingerprint density at radius 3 is 2.06 bits per heavy atom. The summed E-state index contributed by atoms with van der Waals surface area (Å²) in [6.45, 7) is 7.34. The lowest BCUT2D eigenvalue weighted by Crippen LogP contribution is -2.06. The first-order valence-electron chi connectivity index (χ1n) is 5.48. The van der Waals surface area contributed by atoms with E-state index in [4.69, 9.17) is 9.84 Å². The maximum atomic E-state index is 10.5. The lowest BCUT2D eigenvalue weighted by molar-refractivity contribution is -0.138. The predicted octanol–water partition coefficient (Wildman–Crippen LogP) is 2.92. The Labute approximate surface area is 97.1 Å². The Bertz CT molecular complexity index is 280. The van der Waals surface area contributed by atoms with Crippen molar-refractivity contribution in [2.24, 2.45) is 0 Å². The van der Waals surface area contributed by atoms with Gasteiger partial charge in [0.25, 0.3) is 0 Å². The standard InChI is InChI=1S/C9H10O2.C4H10O/c1-7(9(10)11)8-5-3-2-4-6-8;1-3-5-4-2/h2-7H,1H3,(H,10,11);3-4H2,1-2H3. The Morgan fingerprint density at radius 2 is 1.75 bits per heavy atom. The molecule has 0 heterocycles. The third-order valence-corrected chi connectivity index (χ3v) is 2.08. The van der Waals surface area contributed by atoms with Gasteiger partial charge in [-0.2, -0.15) is 0 Å². The average Bonchev–Trinajstić information content (AvgIpc) is 2.31. The first-order chi connectivity index (χ1) is 7.63. The lowest BCUT2D eigenvalue weighted by atomic mass is 10.0. The summed E-state index contributed by atoms with van der Waals surface area (Å²) >= 11 is 0. The second-order valence-electron chi connectivity index (χ2n) is 3.25. The van der Waals surface area contributed by atoms with Crippen molar-refractivity contribution in [3.8, 4) is 0 Å². The Hall–Kier alpha value is -1.35. The number of rotatable bonds is 4. The highest BCUT2D eigenvalue weighted by atomic mass is 16.5. The maximum Gasteiger partial charge on any atom is 0.310 e. The molecule has 1 aromatic carbocycles. The van der Waals surface area contributed by atoms with Gasteiger partial charge in [0.05, 0.1) is 5.92 Å². The molecule has 0 radical (unpaired) electrons. The minimum atomic E-state index is -0.781. The minimum Gasteiger partial charge on any atom is -0.481 e. The fraction of sp³-hybridized carbons (Fsp3) is 0.462. The second-order valence-corrected chi connectivity index (χ2v) is 3.25. The molecule has 16 heavy (non-hydrogen) atoms. The van der Waals surface area contributed by atoms with Crippen LogP contribution in [0.5, 0.6) is 0 Å². The molecule has 1 atom stereocenters. The molecule has 1 N–H and O–H groups in total. The van der Waals surface area contributed by atoms with Crippen molar-refractivity contribution >= 4 is 5.97 Å². The summed E-state index contributed by atoms with van der Waals surface area (Å²) in [5.74, 6) is -1.19. The molecule has 0 amide bonds. The van der Waals surface area contributed by atoms with Crippen molar-refractivity contribution in [1.82, 2.24) is 0 Å². The van der Waals surface area contributed by atoms with Crippen LogP contribution in [0.1, 0.15) is 32.3 Å². The van der Waals surface area contributed by atoms with E-state index in [0.29, 0.717) is 0 Å². The molecule has 3 nitrogen and oxygen atoms in total. The molecular weight excluding hydrogens is 204 g/mol. The molecule has 1 aromatic rings. The number of hydrogen-bond donors (Lipinski definition) is 1. The summed E-state index contributed by atoms with van der Waals surface area (Å²) < 4.78 is 4.83. The van der Waals surface area contributed by atoms with Gasteiger partial charge in [0.2, 0.25) is 0 Å². The van der Waals surface area contributed by atoms with Crippen LogP contribution >= 0.6 is 0 Å². The van der Waals surface area contributed by atoms with Crippen LogP contribution in [-0.4, -0.2) is 24.3 Å². The lowest BCUT2D eigenvalue weighted by Gasteiger charge is -2.04. The molecule has 90 valence electrons. The van der Waals surface area contributed by atoms with Crippen LogP contribution in [0.15, 0.2) is 30.3 Å². The zero-order valence-electron chi connectivity index (χ0n) is 10.1. The number of carboxylic acid groups (broad SMARTS) is 1. The maximum absolute atomic E-state index is 10.5. The van der Waals surface area contributed by atoms with Crippen molar-refractivity contribution in [3.63, 3.8) is 0 Å². The fourth-order valence-corrected chi connectivity index (χ4v) is 1.09. The van der Waals surface area contributed by atoms with E-state index in [1.807, 2.05) is 44.2 Å². The Kier molecular flexibility index (Phi) is 8.17.